The molecule has 2 heterocycles. The van der Waals surface area contributed by atoms with Crippen molar-refractivity contribution in [1.82, 2.24) is 5.16 Å². The number of nitrogens with zero attached hydrogens (tertiary/aromatic N) is 2. The molecule has 0 bridgehead atoms. The molecule has 1 fully saturated rings. The minimum Gasteiger partial charge on any atom is -0.338 e. The van der Waals surface area contributed by atoms with Gasteiger partial charge in [-0.05, 0) is 30.5 Å². The van der Waals surface area contributed by atoms with Crippen LogP contribution in [-0.2, 0) is 21.4 Å². The van der Waals surface area contributed by atoms with Crippen LogP contribution in [0.4, 0.5) is 11.6 Å². The van der Waals surface area contributed by atoms with Gasteiger partial charge in [0, 0.05) is 23.6 Å². The Labute approximate surface area is 153 Å². The third-order valence-electron chi connectivity index (χ3n) is 4.66. The van der Waals surface area contributed by atoms with Gasteiger partial charge in [-0.1, -0.05) is 45.0 Å². The molecule has 0 spiro atoms. The van der Waals surface area contributed by atoms with Crippen molar-refractivity contribution < 1.29 is 14.1 Å². The summed E-state index contributed by atoms with van der Waals surface area (Å²) in [6, 6.07) is 8.96. The van der Waals surface area contributed by atoms with Crippen LogP contribution in [0.2, 0.25) is 0 Å². The second kappa shape index (κ2) is 6.94. The van der Waals surface area contributed by atoms with E-state index in [4.69, 9.17) is 4.52 Å². The number of anilines is 2. The van der Waals surface area contributed by atoms with E-state index in [1.807, 2.05) is 45.0 Å². The lowest BCUT2D eigenvalue weighted by Gasteiger charge is -2.23. The van der Waals surface area contributed by atoms with Crippen LogP contribution in [0.3, 0.4) is 0 Å². The molecule has 1 saturated heterocycles. The standard InChI is InChI=1S/C20H25N3O3/c1-5-13-6-8-14(9-7-13)23-15(10-11-18(23)24)19(25)21-17-12-16(22-26-17)20(2,3)4/h6-9,12,15H,5,10-11H2,1-4H3,(H,21,25). The summed E-state index contributed by atoms with van der Waals surface area (Å²) in [7, 11) is 0. The minimum atomic E-state index is -0.543. The van der Waals surface area contributed by atoms with Gasteiger partial charge in [0.1, 0.15) is 6.04 Å². The van der Waals surface area contributed by atoms with Crippen molar-refractivity contribution in [2.45, 2.75) is 58.4 Å². The third-order valence-corrected chi connectivity index (χ3v) is 4.66. The molecule has 1 unspecified atom stereocenters. The summed E-state index contributed by atoms with van der Waals surface area (Å²) in [5.41, 5.74) is 2.54. The molecule has 1 atom stereocenters. The number of amides is 2. The lowest BCUT2D eigenvalue weighted by Crippen LogP contribution is -2.41. The summed E-state index contributed by atoms with van der Waals surface area (Å²) in [6.07, 6.45) is 1.78. The smallest absolute Gasteiger partial charge is 0.249 e. The highest BCUT2D eigenvalue weighted by Crippen LogP contribution is 2.29. The van der Waals surface area contributed by atoms with Crippen LogP contribution in [0.15, 0.2) is 34.9 Å². The molecule has 1 aromatic carbocycles. The van der Waals surface area contributed by atoms with Crippen LogP contribution in [0, 0.1) is 0 Å². The molecule has 3 rings (SSSR count). The van der Waals surface area contributed by atoms with Crippen molar-refractivity contribution in [3.8, 4) is 0 Å². The molecule has 138 valence electrons. The maximum atomic E-state index is 12.7. The molecule has 1 aliphatic rings. The fraction of sp³-hybridized carbons (Fsp3) is 0.450. The summed E-state index contributed by atoms with van der Waals surface area (Å²) in [5, 5.41) is 6.77. The van der Waals surface area contributed by atoms with Crippen LogP contribution >= 0.6 is 0 Å². The average molecular weight is 355 g/mol. The normalized spacial score (nSPS) is 17.6. The molecule has 6 nitrogen and oxygen atoms in total. The molecule has 0 radical (unpaired) electrons. The predicted molar refractivity (Wildman–Crippen MR) is 100 cm³/mol. The molecule has 0 aliphatic carbocycles. The molecular weight excluding hydrogens is 330 g/mol. The fourth-order valence-corrected chi connectivity index (χ4v) is 3.04. The average Bonchev–Trinajstić information content (AvgIpc) is 3.21. The van der Waals surface area contributed by atoms with Gasteiger partial charge in [-0.25, -0.2) is 0 Å². The second-order valence-corrected chi connectivity index (χ2v) is 7.65. The molecule has 1 N–H and O–H groups in total. The Kier molecular flexibility index (Phi) is 4.85. The Morgan fingerprint density at radius 1 is 1.31 bits per heavy atom. The number of carbonyl (C=O) groups is 2. The van der Waals surface area contributed by atoms with Gasteiger partial charge in [0.25, 0.3) is 0 Å². The number of hydrogen-bond acceptors (Lipinski definition) is 4. The quantitative estimate of drug-likeness (QED) is 0.908. The first kappa shape index (κ1) is 18.2. The molecule has 2 amide bonds. The number of rotatable bonds is 4. The zero-order valence-electron chi connectivity index (χ0n) is 15.7. The molecule has 1 aliphatic heterocycles. The number of carbonyl (C=O) groups excluding carboxylic acids is 2. The van der Waals surface area contributed by atoms with Gasteiger partial charge in [-0.2, -0.15) is 0 Å². The number of aromatic nitrogens is 1. The van der Waals surface area contributed by atoms with Gasteiger partial charge < -0.3 is 4.52 Å². The third kappa shape index (κ3) is 3.64. The van der Waals surface area contributed by atoms with E-state index in [1.165, 1.54) is 5.56 Å². The Hall–Kier alpha value is -2.63. The molecule has 2 aromatic rings. The first-order valence-corrected chi connectivity index (χ1v) is 8.98. The van der Waals surface area contributed by atoms with Crippen LogP contribution in [0.5, 0.6) is 0 Å². The summed E-state index contributed by atoms with van der Waals surface area (Å²) < 4.78 is 5.23. The summed E-state index contributed by atoms with van der Waals surface area (Å²) in [6.45, 7) is 8.14. The number of aryl methyl sites for hydroxylation is 1. The Morgan fingerprint density at radius 2 is 2.00 bits per heavy atom. The Balaban J connectivity index is 1.77. The number of nitrogens with one attached hydrogen (secondary N) is 1. The van der Waals surface area contributed by atoms with Crippen molar-refractivity contribution in [3.05, 3.63) is 41.6 Å². The van der Waals surface area contributed by atoms with E-state index < -0.39 is 6.04 Å². The van der Waals surface area contributed by atoms with Crippen molar-refractivity contribution in [2.75, 3.05) is 10.2 Å². The number of benzene rings is 1. The molecular formula is C20H25N3O3. The largest absolute Gasteiger partial charge is 0.338 e. The lowest BCUT2D eigenvalue weighted by atomic mass is 9.92. The minimum absolute atomic E-state index is 0.0395. The zero-order chi connectivity index (χ0) is 18.9. The highest BCUT2D eigenvalue weighted by atomic mass is 16.5. The molecule has 6 heteroatoms. The van der Waals surface area contributed by atoms with Gasteiger partial charge in [0.2, 0.25) is 17.7 Å². The zero-order valence-corrected chi connectivity index (χ0v) is 15.7. The van der Waals surface area contributed by atoms with E-state index in [0.29, 0.717) is 18.7 Å². The second-order valence-electron chi connectivity index (χ2n) is 7.65. The van der Waals surface area contributed by atoms with E-state index >= 15 is 0 Å². The summed E-state index contributed by atoms with van der Waals surface area (Å²) in [5.74, 6) is 0.00920. The van der Waals surface area contributed by atoms with E-state index in [-0.39, 0.29) is 17.2 Å². The number of hydrogen-bond donors (Lipinski definition) is 1. The van der Waals surface area contributed by atoms with Crippen LogP contribution in [0.25, 0.3) is 0 Å². The van der Waals surface area contributed by atoms with Gasteiger partial charge in [0.05, 0.1) is 5.69 Å². The van der Waals surface area contributed by atoms with Crippen molar-refractivity contribution in [1.29, 1.82) is 0 Å². The molecule has 26 heavy (non-hydrogen) atoms. The predicted octanol–water partition coefficient (Wildman–Crippen LogP) is 3.67. The first-order valence-electron chi connectivity index (χ1n) is 8.98. The fourth-order valence-electron chi connectivity index (χ4n) is 3.04. The van der Waals surface area contributed by atoms with Gasteiger partial charge in [-0.3, -0.25) is 19.8 Å². The van der Waals surface area contributed by atoms with Crippen molar-refractivity contribution >= 4 is 23.4 Å². The Bertz CT molecular complexity index is 802. The van der Waals surface area contributed by atoms with E-state index in [1.54, 1.807) is 11.0 Å². The van der Waals surface area contributed by atoms with E-state index in [2.05, 4.69) is 17.4 Å². The maximum Gasteiger partial charge on any atom is 0.249 e. The molecule has 0 saturated carbocycles. The van der Waals surface area contributed by atoms with Crippen molar-refractivity contribution in [3.63, 3.8) is 0 Å². The van der Waals surface area contributed by atoms with Gasteiger partial charge in [-0.15, -0.1) is 0 Å². The van der Waals surface area contributed by atoms with Crippen LogP contribution in [0.1, 0.15) is 51.8 Å². The van der Waals surface area contributed by atoms with Gasteiger partial charge >= 0.3 is 0 Å². The Morgan fingerprint density at radius 3 is 2.58 bits per heavy atom. The summed E-state index contributed by atoms with van der Waals surface area (Å²) in [4.78, 5) is 26.7. The highest BCUT2D eigenvalue weighted by molar-refractivity contribution is 6.07. The topological polar surface area (TPSA) is 75.4 Å². The van der Waals surface area contributed by atoms with E-state index in [0.717, 1.165) is 17.8 Å². The molecule has 1 aromatic heterocycles. The van der Waals surface area contributed by atoms with Crippen LogP contribution < -0.4 is 10.2 Å². The first-order chi connectivity index (χ1) is 12.3. The van der Waals surface area contributed by atoms with Crippen LogP contribution in [-0.4, -0.2) is 23.0 Å². The van der Waals surface area contributed by atoms with Gasteiger partial charge in [0.15, 0.2) is 0 Å². The lowest BCUT2D eigenvalue weighted by molar-refractivity contribution is -0.120. The summed E-state index contributed by atoms with van der Waals surface area (Å²) >= 11 is 0. The highest BCUT2D eigenvalue weighted by Gasteiger charge is 2.37. The monoisotopic (exact) mass is 355 g/mol. The maximum absolute atomic E-state index is 12.7. The SMILES string of the molecule is CCc1ccc(N2C(=O)CCC2C(=O)Nc2cc(C(C)(C)C)no2)cc1. The van der Waals surface area contributed by atoms with E-state index in [9.17, 15) is 9.59 Å². The van der Waals surface area contributed by atoms with Crippen molar-refractivity contribution in [2.24, 2.45) is 0 Å².